The Morgan fingerprint density at radius 1 is 0.127 bits per heavy atom. The van der Waals surface area contributed by atoms with Gasteiger partial charge in [-0.05, 0) is 204 Å². The van der Waals surface area contributed by atoms with Crippen molar-refractivity contribution in [1.82, 2.24) is 0 Å². The zero-order valence-electron chi connectivity index (χ0n) is 85.5. The summed E-state index contributed by atoms with van der Waals surface area (Å²) in [5, 5.41) is 29.9. The van der Waals surface area contributed by atoms with Gasteiger partial charge < -0.3 is 31.1 Å². The van der Waals surface area contributed by atoms with Crippen LogP contribution >= 0.6 is 0 Å². The van der Waals surface area contributed by atoms with Crippen LogP contribution in [-0.2, 0) is 0 Å². The number of fused-ring (bicyclic) bond motifs is 16. The van der Waals surface area contributed by atoms with Crippen molar-refractivity contribution in [2.45, 2.75) is 111 Å². The van der Waals surface area contributed by atoms with E-state index < -0.39 is 0 Å². The van der Waals surface area contributed by atoms with E-state index in [0.29, 0.717) is 0 Å². The van der Waals surface area contributed by atoms with Gasteiger partial charge in [0, 0.05) is 153 Å². The maximum absolute atomic E-state index is 6.50. The Bertz CT molecular complexity index is 8250. The van der Waals surface area contributed by atoms with E-state index in [-0.39, 0.29) is 137 Å². The summed E-state index contributed by atoms with van der Waals surface area (Å²) in [5.41, 5.74) is 23.5. The van der Waals surface area contributed by atoms with Crippen molar-refractivity contribution in [2.75, 3.05) is 0 Å². The molecule has 0 fully saturated rings. The van der Waals surface area contributed by atoms with E-state index in [0.717, 1.165) is 60.6 Å². The van der Waals surface area contributed by atoms with E-state index in [1.54, 1.807) is 0 Å². The second-order valence-corrected chi connectivity index (χ2v) is 31.4. The van der Waals surface area contributed by atoms with E-state index >= 15 is 0 Å². The molecule has 2 heterocycles. The summed E-state index contributed by atoms with van der Waals surface area (Å²) in [6.45, 7) is 32.0. The summed E-state index contributed by atoms with van der Waals surface area (Å²) in [5.74, 6) is 0. The molecule has 0 radical (unpaired) electrons. The molecule has 2 aromatic heterocycles. The number of hydrogen-bond acceptors (Lipinski definition) is 2. The molecule has 0 saturated carbocycles. The zero-order valence-corrected chi connectivity index (χ0v) is 91.6. The summed E-state index contributed by atoms with van der Waals surface area (Å²) < 4.78 is 12.8. The third-order valence-corrected chi connectivity index (χ3v) is 24.8. The largest absolute Gasteiger partial charge is 0.455 e. The summed E-state index contributed by atoms with van der Waals surface area (Å²) in [6, 6.07) is 162. The van der Waals surface area contributed by atoms with Crippen LogP contribution in [0.2, 0.25) is 0 Å². The first-order chi connectivity index (χ1) is 67.6. The number of benzene rings is 23. The molecule has 0 aliphatic rings. The fourth-order valence-corrected chi connectivity index (χ4v) is 19.4. The van der Waals surface area contributed by atoms with Gasteiger partial charge in [-0.1, -0.05) is 535 Å². The van der Waals surface area contributed by atoms with Crippen molar-refractivity contribution < 1.29 is 123 Å². The Kier molecular flexibility index (Phi) is 44.1. The van der Waals surface area contributed by atoms with Crippen LogP contribution in [0.4, 0.5) is 0 Å². The van der Waals surface area contributed by atoms with E-state index in [1.807, 2.05) is 129 Å². The molecule has 0 aliphatic carbocycles. The minimum atomic E-state index is 0. The van der Waals surface area contributed by atoms with Crippen LogP contribution in [0.3, 0.4) is 0 Å². The average molecular weight is 2300 g/mol. The molecule has 5 heteroatoms. The third kappa shape index (κ3) is 22.7. The molecule has 0 unspecified atom stereocenters. The Morgan fingerprint density at radius 3 is 0.662 bits per heavy atom. The molecule has 724 valence electrons. The minimum Gasteiger partial charge on any atom is -0.455 e. The first-order valence-corrected chi connectivity index (χ1v) is 49.3. The summed E-state index contributed by atoms with van der Waals surface area (Å²) in [7, 11) is 0. The van der Waals surface area contributed by atoms with Crippen LogP contribution in [0.5, 0.6) is 0 Å². The van der Waals surface area contributed by atoms with E-state index in [9.17, 15) is 0 Å². The van der Waals surface area contributed by atoms with Crippen molar-refractivity contribution >= 4 is 152 Å². The Balaban J connectivity index is 0.000000218. The van der Waals surface area contributed by atoms with Gasteiger partial charge in [0.15, 0.2) is 0 Å². The Hall–Kier alpha value is -11.9. The van der Waals surface area contributed by atoms with E-state index in [4.69, 9.17) is 8.83 Å². The maximum Gasteiger partial charge on any atom is 0.143 e. The van der Waals surface area contributed by atoms with Crippen LogP contribution in [0, 0.1) is 137 Å². The first kappa shape index (κ1) is 114. The molecule has 142 heavy (non-hydrogen) atoms. The quantitative estimate of drug-likeness (QED) is 0.112. The Morgan fingerprint density at radius 2 is 0.324 bits per heavy atom. The van der Waals surface area contributed by atoms with Crippen molar-refractivity contribution in [2.24, 2.45) is 0 Å². The van der Waals surface area contributed by atoms with Gasteiger partial charge in [-0.15, -0.1) is 0 Å². The minimum absolute atomic E-state index is 0. The summed E-state index contributed by atoms with van der Waals surface area (Å²) in [4.78, 5) is 0. The van der Waals surface area contributed by atoms with Gasteiger partial charge >= 0.3 is 0 Å². The van der Waals surface area contributed by atoms with Gasteiger partial charge in [0.05, 0.1) is 0 Å². The number of rotatable bonds is 8. The van der Waals surface area contributed by atoms with E-state index in [2.05, 4.69) is 431 Å². The topological polar surface area (TPSA) is 26.3 Å². The molecular weight excluding hydrogens is 2170 g/mol. The predicted molar refractivity (Wildman–Crippen MR) is 622 cm³/mol. The molecule has 0 spiro atoms. The van der Waals surface area contributed by atoms with Crippen LogP contribution in [0.15, 0.2) is 458 Å². The molecule has 0 aliphatic heterocycles. The van der Waals surface area contributed by atoms with Crippen LogP contribution in [0.1, 0.15) is 111 Å². The average Bonchev–Trinajstić information content (AvgIpc) is 1.30. The molecule has 25 rings (SSSR count). The van der Waals surface area contributed by atoms with Gasteiger partial charge in [-0.3, -0.25) is 0 Å². The smallest absolute Gasteiger partial charge is 0.143 e. The second-order valence-electron chi connectivity index (χ2n) is 31.4. The normalized spacial score (nSPS) is 10.2. The van der Waals surface area contributed by atoms with Gasteiger partial charge in [0.25, 0.3) is 0 Å². The number of furan rings is 2. The van der Waals surface area contributed by atoms with Gasteiger partial charge in [0.2, 0.25) is 0 Å². The van der Waals surface area contributed by atoms with Crippen LogP contribution < -0.4 is 0 Å². The third-order valence-electron chi connectivity index (χ3n) is 24.8. The summed E-state index contributed by atoms with van der Waals surface area (Å²) >= 11 is 0. The summed E-state index contributed by atoms with van der Waals surface area (Å²) in [6.07, 6.45) is 0. The molecular formula is C137H131Dy3O2-3. The van der Waals surface area contributed by atoms with Crippen molar-refractivity contribution in [3.05, 3.63) is 471 Å². The fourth-order valence-electron chi connectivity index (χ4n) is 19.4. The van der Waals surface area contributed by atoms with Gasteiger partial charge in [-0.2, -0.15) is 0 Å². The van der Waals surface area contributed by atoms with Gasteiger partial charge in [-0.25, -0.2) is 0 Å². The molecule has 2 nitrogen and oxygen atoms in total. The fraction of sp³-hybridized carbons (Fsp3) is 0.117. The molecule has 0 N–H and O–H groups in total. The van der Waals surface area contributed by atoms with Crippen LogP contribution in [-0.4, -0.2) is 0 Å². The van der Waals surface area contributed by atoms with E-state index in [1.165, 1.54) is 180 Å². The maximum atomic E-state index is 6.50. The number of para-hydroxylation sites is 4. The number of hydrogen-bond donors (Lipinski definition) is 0. The van der Waals surface area contributed by atoms with Gasteiger partial charge in [0.1, 0.15) is 22.3 Å². The monoisotopic (exact) mass is 2300 g/mol. The Labute approximate surface area is 935 Å². The molecule has 0 amide bonds. The van der Waals surface area contributed by atoms with Crippen molar-refractivity contribution in [3.8, 4) is 89.0 Å². The molecule has 0 bridgehead atoms. The predicted octanol–water partition coefficient (Wildman–Crippen LogP) is 43.3. The zero-order chi connectivity index (χ0) is 95.1. The standard InChI is InChI=1S/C42H26O.C40H26.C36H22O.8C2H6.3CH3.3Dy/c1-2-11-30-26-31(25-20-27(30)10-1)41-36-15-5-3-13-34(36)40(35-14-4-6-16-37(35)41)29-23-21-28(22-24-29)32-17-9-18-38-33-12-7-8-19-39(33)43-42(32)38;1-3-15-31-27(11-1)13-9-21-32(31)29-23-25-30(26-24-29)39-35-17-5-7-19-37(35)40(38-20-8-6-18-36(38)39)34-22-10-14-28-12-2-4-16-33(28)34;1-2-11-24-22-25(21-20-23(24)10-1)34-27-13-3-5-15-29(27)35(30-16-6-4-14-28(30)34)32-18-9-17-31-26-12-7-8-19-33(26)37-36(31)32;8*1-2;;;;;;/h1-26H;1-26H;1-22H;8*1-2H3;3*1H3;;;/q;;;;;;;;;;;3*-1;;;. The molecule has 23 aromatic carbocycles. The molecule has 25 aromatic rings. The molecule has 0 saturated heterocycles. The van der Waals surface area contributed by atoms with Crippen molar-refractivity contribution in [1.29, 1.82) is 0 Å². The van der Waals surface area contributed by atoms with Crippen molar-refractivity contribution in [3.63, 3.8) is 0 Å². The first-order valence-electron chi connectivity index (χ1n) is 49.3. The second kappa shape index (κ2) is 55.1. The molecule has 0 atom stereocenters. The van der Waals surface area contributed by atoms with Crippen LogP contribution in [0.25, 0.3) is 241 Å². The SMILES string of the molecule is CC.CC.CC.CC.CC.CC.CC.CC.[CH3-].[CH3-].[CH3-].[Dy].[Dy].[Dy].c1ccc2c(-c3ccc(-c4c5ccccc5c(-c5cccc6ccccc56)c5ccccc45)cc3)cccc2c1.c1ccc2cc(-c3c4ccccc4c(-c4ccc(-c5cccc6c5oc5ccccc56)cc4)c4ccccc34)ccc2c1.c1ccc2cc(-c3c4ccccc4c(-c4cccc5c4oc4ccccc45)c4ccccc34)ccc2c1.